The number of benzene rings is 2. The number of anilines is 1. The smallest absolute Gasteiger partial charge is 0.228 e. The van der Waals surface area contributed by atoms with Gasteiger partial charge in [0.05, 0.1) is 18.6 Å². The Morgan fingerprint density at radius 3 is 1.82 bits per heavy atom. The van der Waals surface area contributed by atoms with Gasteiger partial charge >= 0.3 is 0 Å². The third-order valence-corrected chi connectivity index (χ3v) is 7.92. The van der Waals surface area contributed by atoms with Crippen molar-refractivity contribution in [3.8, 4) is 5.75 Å². The first-order chi connectivity index (χ1) is 21.0. The molecule has 44 heavy (non-hydrogen) atoms. The van der Waals surface area contributed by atoms with E-state index in [1.807, 2.05) is 67.0 Å². The molecule has 0 unspecified atom stereocenters. The van der Waals surface area contributed by atoms with E-state index in [0.717, 1.165) is 36.2 Å². The lowest BCUT2D eigenvalue weighted by molar-refractivity contribution is -0.688. The van der Waals surface area contributed by atoms with Crippen LogP contribution in [-0.4, -0.2) is 18.3 Å². The van der Waals surface area contributed by atoms with E-state index in [-0.39, 0.29) is 35.1 Å². The van der Waals surface area contributed by atoms with Crippen molar-refractivity contribution in [1.29, 1.82) is 0 Å². The molecule has 2 aromatic carbocycles. The van der Waals surface area contributed by atoms with Crippen molar-refractivity contribution >= 4 is 17.4 Å². The lowest BCUT2D eigenvalue weighted by atomic mass is 10.0. The van der Waals surface area contributed by atoms with E-state index in [2.05, 4.69) is 16.8 Å². The second-order valence-corrected chi connectivity index (χ2v) is 11.8. The first-order valence-electron chi connectivity index (χ1n) is 16.6. The van der Waals surface area contributed by atoms with Crippen LogP contribution in [0, 0.1) is 0 Å². The van der Waals surface area contributed by atoms with Gasteiger partial charge in [-0.15, -0.1) is 0 Å². The lowest BCUT2D eigenvalue weighted by Crippen LogP contribution is -3.00. The van der Waals surface area contributed by atoms with E-state index < -0.39 is 0 Å². The van der Waals surface area contributed by atoms with Gasteiger partial charge in [0.1, 0.15) is 5.75 Å². The highest BCUT2D eigenvalue weighted by molar-refractivity contribution is 5.98. The van der Waals surface area contributed by atoms with Gasteiger partial charge in [0, 0.05) is 23.4 Å². The zero-order valence-electron chi connectivity index (χ0n) is 27.0. The van der Waals surface area contributed by atoms with E-state index in [1.54, 1.807) is 13.0 Å². The topological polar surface area (TPSA) is 59.3 Å². The minimum absolute atomic E-state index is 0. The van der Waals surface area contributed by atoms with Crippen LogP contribution in [0.1, 0.15) is 125 Å². The predicted octanol–water partition coefficient (Wildman–Crippen LogP) is 6.27. The van der Waals surface area contributed by atoms with Crippen LogP contribution in [0.5, 0.6) is 5.75 Å². The number of hydrogen-bond acceptors (Lipinski definition) is 3. The summed E-state index contributed by atoms with van der Waals surface area (Å²) in [6, 6.07) is 19.4. The Morgan fingerprint density at radius 2 is 1.25 bits per heavy atom. The van der Waals surface area contributed by atoms with E-state index in [1.165, 1.54) is 77.0 Å². The van der Waals surface area contributed by atoms with E-state index in [4.69, 9.17) is 4.74 Å². The molecule has 1 heterocycles. The minimum Gasteiger partial charge on any atom is -1.00 e. The molecule has 5 nitrogen and oxygen atoms in total. The van der Waals surface area contributed by atoms with Crippen LogP contribution in [0.3, 0.4) is 0 Å². The van der Waals surface area contributed by atoms with Crippen molar-refractivity contribution in [2.75, 3.05) is 11.9 Å². The normalized spacial score (nSPS) is 10.7. The summed E-state index contributed by atoms with van der Waals surface area (Å²) < 4.78 is 8.10. The SMILES string of the molecule is CCCCCCCCCCCCCCCCOc1ccc(CC(=O)Nc2ccc(C[n+]3ccccc3)cc2)cc1C(C)=O.[Br-]. The van der Waals surface area contributed by atoms with Crippen LogP contribution in [-0.2, 0) is 17.8 Å². The van der Waals surface area contributed by atoms with Crippen LogP contribution in [0.25, 0.3) is 0 Å². The first kappa shape index (κ1) is 37.2. The molecule has 0 aliphatic heterocycles. The van der Waals surface area contributed by atoms with Gasteiger partial charge in [0.25, 0.3) is 0 Å². The number of carbonyl (C=O) groups is 2. The molecule has 6 heteroatoms. The molecule has 0 fully saturated rings. The number of unbranched alkanes of at least 4 members (excludes halogenated alkanes) is 13. The monoisotopic (exact) mass is 664 g/mol. The number of ether oxygens (including phenoxy) is 1. The summed E-state index contributed by atoms with van der Waals surface area (Å²) in [6.45, 7) is 5.20. The number of halogens is 1. The van der Waals surface area contributed by atoms with Crippen molar-refractivity contribution in [2.45, 2.75) is 117 Å². The Labute approximate surface area is 276 Å². The maximum atomic E-state index is 12.7. The van der Waals surface area contributed by atoms with E-state index in [9.17, 15) is 9.59 Å². The number of aromatic nitrogens is 1. The molecule has 3 rings (SSSR count). The fraction of sp³-hybridized carbons (Fsp3) is 0.500. The van der Waals surface area contributed by atoms with Crippen LogP contribution >= 0.6 is 0 Å². The molecule has 0 spiro atoms. The molecule has 240 valence electrons. The number of rotatable bonds is 22. The zero-order chi connectivity index (χ0) is 30.5. The van der Waals surface area contributed by atoms with E-state index in [0.29, 0.717) is 17.9 Å². The Balaban J connectivity index is 0.00000675. The highest BCUT2D eigenvalue weighted by Crippen LogP contribution is 2.22. The van der Waals surface area contributed by atoms with Crippen LogP contribution in [0.4, 0.5) is 5.69 Å². The summed E-state index contributed by atoms with van der Waals surface area (Å²) in [6.07, 6.45) is 22.7. The average Bonchev–Trinajstić information content (AvgIpc) is 3.01. The van der Waals surface area contributed by atoms with Crippen LogP contribution < -0.4 is 31.6 Å². The molecule has 0 atom stereocenters. The van der Waals surface area contributed by atoms with Gasteiger partial charge in [0.2, 0.25) is 5.91 Å². The Hall–Kier alpha value is -2.99. The Morgan fingerprint density at radius 1 is 0.705 bits per heavy atom. The third kappa shape index (κ3) is 15.1. The summed E-state index contributed by atoms with van der Waals surface area (Å²) in [7, 11) is 0. The number of ketones is 1. The number of carbonyl (C=O) groups excluding carboxylic acids is 2. The van der Waals surface area contributed by atoms with Gasteiger partial charge in [-0.1, -0.05) is 115 Å². The summed E-state index contributed by atoms with van der Waals surface area (Å²) in [5.41, 5.74) is 3.25. The quantitative estimate of drug-likeness (QED) is 0.0783. The summed E-state index contributed by atoms with van der Waals surface area (Å²) >= 11 is 0. The number of nitrogens with one attached hydrogen (secondary N) is 1. The van der Waals surface area contributed by atoms with Crippen molar-refractivity contribution in [3.63, 3.8) is 0 Å². The molecule has 1 aromatic heterocycles. The second kappa shape index (κ2) is 22.5. The molecule has 0 aliphatic carbocycles. The molecular weight excluding hydrogens is 612 g/mol. The molecule has 1 N–H and O–H groups in total. The number of amides is 1. The molecule has 1 amide bonds. The highest BCUT2D eigenvalue weighted by Gasteiger charge is 2.12. The van der Waals surface area contributed by atoms with Crippen molar-refractivity contribution in [2.24, 2.45) is 0 Å². The van der Waals surface area contributed by atoms with Gasteiger partial charge < -0.3 is 27.0 Å². The fourth-order valence-electron chi connectivity index (χ4n) is 5.40. The van der Waals surface area contributed by atoms with Crippen molar-refractivity contribution in [3.05, 3.63) is 89.7 Å². The van der Waals surface area contributed by atoms with Gasteiger partial charge in [-0.3, -0.25) is 9.59 Å². The average molecular weight is 666 g/mol. The molecule has 0 saturated heterocycles. The molecular formula is C38H53BrN2O3. The van der Waals surface area contributed by atoms with Gasteiger partial charge in [0.15, 0.2) is 24.7 Å². The molecule has 0 saturated carbocycles. The Kier molecular flexibility index (Phi) is 19.0. The van der Waals surface area contributed by atoms with Crippen LogP contribution in [0.2, 0.25) is 0 Å². The standard InChI is InChI=1S/C38H52N2O3.BrH/c1-3-4-5-6-7-8-9-10-11-12-13-14-15-19-28-43-37-25-22-34(29-36(37)32(2)41)30-38(42)39-35-23-20-33(21-24-35)31-40-26-17-16-18-27-40;/h16-18,20-27,29H,3-15,19,28,30-31H2,1-2H3;1H. The highest BCUT2D eigenvalue weighted by atomic mass is 79.9. The van der Waals surface area contributed by atoms with Gasteiger partial charge in [-0.05, 0) is 43.2 Å². The maximum absolute atomic E-state index is 12.7. The lowest BCUT2D eigenvalue weighted by Gasteiger charge is -2.12. The maximum Gasteiger partial charge on any atom is 0.228 e. The molecule has 0 bridgehead atoms. The van der Waals surface area contributed by atoms with Crippen molar-refractivity contribution < 1.29 is 35.9 Å². The summed E-state index contributed by atoms with van der Waals surface area (Å²) in [5.74, 6) is 0.444. The molecule has 0 radical (unpaired) electrons. The molecule has 0 aliphatic rings. The number of Topliss-reactive ketones (excluding diaryl/α,β-unsaturated/α-hetero) is 1. The fourth-order valence-corrected chi connectivity index (χ4v) is 5.40. The van der Waals surface area contributed by atoms with Gasteiger partial charge in [-0.25, -0.2) is 4.57 Å². The second-order valence-electron chi connectivity index (χ2n) is 11.8. The Bertz CT molecular complexity index is 1210. The zero-order valence-corrected chi connectivity index (χ0v) is 28.6. The predicted molar refractivity (Wildman–Crippen MR) is 177 cm³/mol. The number of nitrogens with zero attached hydrogens (tertiary/aromatic N) is 1. The van der Waals surface area contributed by atoms with Crippen molar-refractivity contribution in [1.82, 2.24) is 0 Å². The summed E-state index contributed by atoms with van der Waals surface area (Å²) in [5, 5.41) is 2.97. The molecule has 3 aromatic rings. The van der Waals surface area contributed by atoms with Crippen LogP contribution in [0.15, 0.2) is 73.1 Å². The van der Waals surface area contributed by atoms with E-state index >= 15 is 0 Å². The largest absolute Gasteiger partial charge is 1.00 e. The van der Waals surface area contributed by atoms with Gasteiger partial charge in [-0.2, -0.15) is 0 Å². The minimum atomic E-state index is -0.115. The number of hydrogen-bond donors (Lipinski definition) is 1. The summed E-state index contributed by atoms with van der Waals surface area (Å²) in [4.78, 5) is 25.1. The number of pyridine rings is 1. The third-order valence-electron chi connectivity index (χ3n) is 7.92. The first-order valence-corrected chi connectivity index (χ1v) is 16.6.